The fourth-order valence-corrected chi connectivity index (χ4v) is 2.51. The number of imide groups is 1. The monoisotopic (exact) mass is 316 g/mol. The highest BCUT2D eigenvalue weighted by Gasteiger charge is 2.39. The van der Waals surface area contributed by atoms with Crippen molar-refractivity contribution in [3.05, 3.63) is 64.7 Å². The number of anilines is 1. The van der Waals surface area contributed by atoms with Gasteiger partial charge in [-0.15, -0.1) is 0 Å². The molecular formula is C16H13ClN2O3. The van der Waals surface area contributed by atoms with Crippen molar-refractivity contribution in [2.75, 3.05) is 4.90 Å². The molecule has 3 rings (SSSR count). The molecule has 0 radical (unpaired) electrons. The lowest BCUT2D eigenvalue weighted by atomic mass is 10.2. The number of nitrogens with zero attached hydrogens (tertiary/aromatic N) is 1. The molecule has 1 N–H and O–H groups in total. The number of carbonyl (C=O) groups is 2. The zero-order chi connectivity index (χ0) is 15.7. The third-order valence-corrected chi connectivity index (χ3v) is 3.75. The van der Waals surface area contributed by atoms with Crippen molar-refractivity contribution in [3.8, 4) is 0 Å². The molecule has 112 valence electrons. The van der Waals surface area contributed by atoms with E-state index in [-0.39, 0.29) is 17.3 Å². The maximum Gasteiger partial charge on any atom is 0.283 e. The zero-order valence-electron chi connectivity index (χ0n) is 11.8. The lowest BCUT2D eigenvalue weighted by molar-refractivity contribution is -0.120. The molecule has 0 aliphatic carbocycles. The SMILES string of the molecule is Cc1ccccc1N1C(=O)C(Cl)=C(NCc2ccco2)C1=O. The van der Waals surface area contributed by atoms with E-state index < -0.39 is 11.8 Å². The number of hydrogen-bond acceptors (Lipinski definition) is 4. The summed E-state index contributed by atoms with van der Waals surface area (Å²) in [6.45, 7) is 2.11. The average molecular weight is 317 g/mol. The van der Waals surface area contributed by atoms with E-state index in [1.165, 1.54) is 6.26 Å². The summed E-state index contributed by atoms with van der Waals surface area (Å²) in [6, 6.07) is 10.7. The molecule has 1 aliphatic rings. The van der Waals surface area contributed by atoms with Crippen molar-refractivity contribution < 1.29 is 14.0 Å². The van der Waals surface area contributed by atoms with Gasteiger partial charge in [0.15, 0.2) is 0 Å². The smallest absolute Gasteiger partial charge is 0.283 e. The van der Waals surface area contributed by atoms with Crippen LogP contribution in [0.15, 0.2) is 57.8 Å². The van der Waals surface area contributed by atoms with Crippen molar-refractivity contribution in [1.29, 1.82) is 0 Å². The molecule has 0 saturated carbocycles. The van der Waals surface area contributed by atoms with Crippen LogP contribution in [-0.2, 0) is 16.1 Å². The standard InChI is InChI=1S/C16H13ClN2O3/c1-10-5-2-3-7-12(10)19-15(20)13(17)14(16(19)21)18-9-11-6-4-8-22-11/h2-8,18H,9H2,1H3. The molecule has 0 saturated heterocycles. The predicted octanol–water partition coefficient (Wildman–Crippen LogP) is 2.70. The fourth-order valence-electron chi connectivity index (χ4n) is 2.28. The molecule has 2 amide bonds. The van der Waals surface area contributed by atoms with Crippen LogP contribution in [0.2, 0.25) is 0 Å². The van der Waals surface area contributed by atoms with Gasteiger partial charge in [0, 0.05) is 0 Å². The quantitative estimate of drug-likeness (QED) is 0.881. The van der Waals surface area contributed by atoms with Crippen LogP contribution in [0.1, 0.15) is 11.3 Å². The second-order valence-electron chi connectivity index (χ2n) is 4.85. The Morgan fingerprint density at radius 1 is 1.14 bits per heavy atom. The molecule has 1 aromatic carbocycles. The zero-order valence-corrected chi connectivity index (χ0v) is 12.6. The van der Waals surface area contributed by atoms with E-state index in [9.17, 15) is 9.59 Å². The molecule has 0 atom stereocenters. The number of nitrogens with one attached hydrogen (secondary N) is 1. The molecule has 2 heterocycles. The highest BCUT2D eigenvalue weighted by atomic mass is 35.5. The third kappa shape index (κ3) is 2.40. The van der Waals surface area contributed by atoms with Gasteiger partial charge in [-0.05, 0) is 30.7 Å². The Morgan fingerprint density at radius 3 is 2.59 bits per heavy atom. The molecule has 0 spiro atoms. The number of furan rings is 1. The lowest BCUT2D eigenvalue weighted by Crippen LogP contribution is -2.34. The minimum absolute atomic E-state index is 0.0892. The van der Waals surface area contributed by atoms with E-state index in [0.29, 0.717) is 11.4 Å². The van der Waals surface area contributed by atoms with Crippen molar-refractivity contribution >= 4 is 29.1 Å². The van der Waals surface area contributed by atoms with Crippen LogP contribution in [-0.4, -0.2) is 11.8 Å². The minimum atomic E-state index is -0.525. The normalized spacial score (nSPS) is 14.9. The molecule has 5 nitrogen and oxygen atoms in total. The van der Waals surface area contributed by atoms with Gasteiger partial charge in [0.1, 0.15) is 16.5 Å². The van der Waals surface area contributed by atoms with Gasteiger partial charge in [0.05, 0.1) is 18.5 Å². The van der Waals surface area contributed by atoms with Crippen LogP contribution in [0.25, 0.3) is 0 Å². The maximum atomic E-state index is 12.5. The first-order valence-electron chi connectivity index (χ1n) is 6.70. The largest absolute Gasteiger partial charge is 0.467 e. The number of aryl methyl sites for hydroxylation is 1. The first kappa shape index (κ1) is 14.4. The van der Waals surface area contributed by atoms with E-state index in [1.54, 1.807) is 24.3 Å². The molecule has 1 aliphatic heterocycles. The molecule has 22 heavy (non-hydrogen) atoms. The molecule has 0 unspecified atom stereocenters. The summed E-state index contributed by atoms with van der Waals surface area (Å²) in [5, 5.41) is 2.76. The number of halogens is 1. The van der Waals surface area contributed by atoms with Gasteiger partial charge in [0.2, 0.25) is 0 Å². The number of benzene rings is 1. The van der Waals surface area contributed by atoms with Crippen LogP contribution in [0.4, 0.5) is 5.69 Å². The Hall–Kier alpha value is -2.53. The van der Waals surface area contributed by atoms with Crippen molar-refractivity contribution in [3.63, 3.8) is 0 Å². The minimum Gasteiger partial charge on any atom is -0.467 e. The van der Waals surface area contributed by atoms with Gasteiger partial charge in [-0.1, -0.05) is 29.8 Å². The molecule has 2 aromatic rings. The summed E-state index contributed by atoms with van der Waals surface area (Å²) in [7, 11) is 0. The Balaban J connectivity index is 1.85. The van der Waals surface area contributed by atoms with Crippen LogP contribution in [0, 0.1) is 6.92 Å². The maximum absolute atomic E-state index is 12.5. The van der Waals surface area contributed by atoms with Crippen LogP contribution in [0.5, 0.6) is 0 Å². The number of hydrogen-bond donors (Lipinski definition) is 1. The van der Waals surface area contributed by atoms with E-state index in [1.807, 2.05) is 19.1 Å². The Kier molecular flexibility index (Phi) is 3.73. The molecule has 0 fully saturated rings. The van der Waals surface area contributed by atoms with E-state index in [2.05, 4.69) is 5.32 Å². The molecule has 0 bridgehead atoms. The number of rotatable bonds is 4. The molecule has 6 heteroatoms. The Bertz CT molecular complexity index is 765. The van der Waals surface area contributed by atoms with Gasteiger partial charge >= 0.3 is 0 Å². The third-order valence-electron chi connectivity index (χ3n) is 3.40. The van der Waals surface area contributed by atoms with Gasteiger partial charge in [-0.25, -0.2) is 4.90 Å². The summed E-state index contributed by atoms with van der Waals surface area (Å²) in [5.41, 5.74) is 1.44. The summed E-state index contributed by atoms with van der Waals surface area (Å²) < 4.78 is 5.18. The summed E-state index contributed by atoms with van der Waals surface area (Å²) in [5.74, 6) is -0.342. The number of para-hydroxylation sites is 1. The van der Waals surface area contributed by atoms with Crippen molar-refractivity contribution in [2.24, 2.45) is 0 Å². The second-order valence-corrected chi connectivity index (χ2v) is 5.23. The van der Waals surface area contributed by atoms with Crippen LogP contribution < -0.4 is 10.2 Å². The summed E-state index contributed by atoms with van der Waals surface area (Å²) in [6.07, 6.45) is 1.54. The Morgan fingerprint density at radius 2 is 1.91 bits per heavy atom. The average Bonchev–Trinajstić information content (AvgIpc) is 3.08. The van der Waals surface area contributed by atoms with E-state index in [0.717, 1.165) is 10.5 Å². The van der Waals surface area contributed by atoms with Crippen molar-refractivity contribution in [1.82, 2.24) is 5.32 Å². The summed E-state index contributed by atoms with van der Waals surface area (Å²) >= 11 is 6.04. The lowest BCUT2D eigenvalue weighted by Gasteiger charge is -2.17. The Labute approximate surface area is 132 Å². The first-order chi connectivity index (χ1) is 10.6. The van der Waals surface area contributed by atoms with Gasteiger partial charge in [-0.2, -0.15) is 0 Å². The van der Waals surface area contributed by atoms with Crippen LogP contribution >= 0.6 is 11.6 Å². The topological polar surface area (TPSA) is 62.6 Å². The predicted molar refractivity (Wildman–Crippen MR) is 82.1 cm³/mol. The molecular weight excluding hydrogens is 304 g/mol. The molecule has 1 aromatic heterocycles. The van der Waals surface area contributed by atoms with E-state index >= 15 is 0 Å². The van der Waals surface area contributed by atoms with Gasteiger partial charge in [-0.3, -0.25) is 9.59 Å². The fraction of sp³-hybridized carbons (Fsp3) is 0.125. The second kappa shape index (κ2) is 5.69. The van der Waals surface area contributed by atoms with Crippen LogP contribution in [0.3, 0.4) is 0 Å². The number of amides is 2. The van der Waals surface area contributed by atoms with Gasteiger partial charge in [0.25, 0.3) is 11.8 Å². The van der Waals surface area contributed by atoms with Crippen molar-refractivity contribution in [2.45, 2.75) is 13.5 Å². The van der Waals surface area contributed by atoms with Gasteiger partial charge < -0.3 is 9.73 Å². The first-order valence-corrected chi connectivity index (χ1v) is 7.08. The highest BCUT2D eigenvalue weighted by Crippen LogP contribution is 2.30. The van der Waals surface area contributed by atoms with E-state index in [4.69, 9.17) is 16.0 Å². The summed E-state index contributed by atoms with van der Waals surface area (Å²) in [4.78, 5) is 25.9. The number of carbonyl (C=O) groups excluding carboxylic acids is 2. The highest BCUT2D eigenvalue weighted by molar-refractivity contribution is 6.52.